The average Bonchev–Trinajstić information content (AvgIpc) is 2.78. The van der Waals surface area contributed by atoms with Crippen molar-refractivity contribution in [1.82, 2.24) is 0 Å². The minimum absolute atomic E-state index is 0.0237. The molecule has 0 aliphatic heterocycles. The van der Waals surface area contributed by atoms with Gasteiger partial charge in [-0.15, -0.1) is 0 Å². The fourth-order valence-electron chi connectivity index (χ4n) is 7.66. The van der Waals surface area contributed by atoms with Crippen molar-refractivity contribution in [3.8, 4) is 0 Å². The second-order valence-electron chi connectivity index (χ2n) is 9.78. The van der Waals surface area contributed by atoms with Crippen LogP contribution in [0.4, 0.5) is 0 Å². The molecule has 0 aromatic carbocycles. The highest BCUT2D eigenvalue weighted by molar-refractivity contribution is 5.66. The second kappa shape index (κ2) is 5.72. The number of hydrogen-bond donors (Lipinski definition) is 1. The summed E-state index contributed by atoms with van der Waals surface area (Å²) in [6.45, 7) is 6.33. The molecule has 0 spiro atoms. The van der Waals surface area contributed by atoms with Gasteiger partial charge in [-0.2, -0.15) is 0 Å². The molecule has 4 aliphatic rings. The molecule has 3 heteroatoms. The molecular weight excluding hydrogens is 300 g/mol. The first-order chi connectivity index (χ1) is 11.4. The minimum atomic E-state index is -0.473. The average molecular weight is 335 g/mol. The molecule has 4 fully saturated rings. The van der Waals surface area contributed by atoms with E-state index in [0.29, 0.717) is 11.3 Å². The van der Waals surface area contributed by atoms with Crippen LogP contribution in [-0.4, -0.2) is 23.3 Å². The van der Waals surface area contributed by atoms with E-state index >= 15 is 0 Å². The Morgan fingerprint density at radius 3 is 2.54 bits per heavy atom. The zero-order chi connectivity index (χ0) is 17.1. The number of hydrogen-bond acceptors (Lipinski definition) is 3. The Morgan fingerprint density at radius 2 is 1.79 bits per heavy atom. The Hall–Kier alpha value is -0.570. The fourth-order valence-corrected chi connectivity index (χ4v) is 7.66. The number of aliphatic hydroxyl groups excluding tert-OH is 1. The maximum atomic E-state index is 11.6. The lowest BCUT2D eigenvalue weighted by Gasteiger charge is -2.60. The van der Waals surface area contributed by atoms with Gasteiger partial charge in [0, 0.05) is 12.3 Å². The van der Waals surface area contributed by atoms with Crippen LogP contribution in [0.25, 0.3) is 0 Å². The molecular formula is C21H34O3. The van der Waals surface area contributed by atoms with Gasteiger partial charge in [0.1, 0.15) is 6.10 Å². The molecule has 0 bridgehead atoms. The van der Waals surface area contributed by atoms with E-state index < -0.39 is 6.10 Å². The summed E-state index contributed by atoms with van der Waals surface area (Å²) in [5.41, 5.74) is 0.497. The summed E-state index contributed by atoms with van der Waals surface area (Å²) in [5.74, 6) is 2.74. The van der Waals surface area contributed by atoms with Crippen molar-refractivity contribution in [2.45, 2.75) is 90.8 Å². The molecule has 4 aliphatic carbocycles. The summed E-state index contributed by atoms with van der Waals surface area (Å²) in [7, 11) is 0. The van der Waals surface area contributed by atoms with E-state index in [0.717, 1.165) is 30.6 Å². The summed E-state index contributed by atoms with van der Waals surface area (Å²) in [6, 6.07) is 0. The normalized spacial score (nSPS) is 53.7. The van der Waals surface area contributed by atoms with Crippen molar-refractivity contribution in [3.63, 3.8) is 0 Å². The highest BCUT2D eigenvalue weighted by Crippen LogP contribution is 2.66. The van der Waals surface area contributed by atoms with Gasteiger partial charge in [-0.25, -0.2) is 0 Å². The largest absolute Gasteiger partial charge is 0.459 e. The molecule has 136 valence electrons. The van der Waals surface area contributed by atoms with Crippen molar-refractivity contribution in [2.75, 3.05) is 0 Å². The molecule has 0 amide bonds. The highest BCUT2D eigenvalue weighted by atomic mass is 16.6. The fraction of sp³-hybridized carbons (Fsp3) is 0.952. The van der Waals surface area contributed by atoms with Crippen LogP contribution in [0.15, 0.2) is 0 Å². The summed E-state index contributed by atoms with van der Waals surface area (Å²) in [5, 5.41) is 10.6. The van der Waals surface area contributed by atoms with Gasteiger partial charge in [0.25, 0.3) is 0 Å². The molecule has 0 radical (unpaired) electrons. The Kier molecular flexibility index (Phi) is 4.02. The molecule has 4 rings (SSSR count). The molecule has 7 unspecified atom stereocenters. The van der Waals surface area contributed by atoms with Crippen molar-refractivity contribution in [1.29, 1.82) is 0 Å². The van der Waals surface area contributed by atoms with E-state index in [2.05, 4.69) is 13.8 Å². The standard InChI is InChI=1S/C21H34O3/c1-13(22)24-19-18(23)12-17-15-8-7-14-6-4-5-10-20(14,2)16(15)9-11-21(17,19)3/h14-19,23H,4-12H2,1-3H3/t14-,15?,16?,17?,18?,19?,20?,21?/m1/s1. The Morgan fingerprint density at radius 1 is 1.00 bits per heavy atom. The predicted molar refractivity (Wildman–Crippen MR) is 93.3 cm³/mol. The topological polar surface area (TPSA) is 46.5 Å². The van der Waals surface area contributed by atoms with Crippen LogP contribution >= 0.6 is 0 Å². The third-order valence-corrected chi connectivity index (χ3v) is 8.81. The van der Waals surface area contributed by atoms with Gasteiger partial charge < -0.3 is 9.84 Å². The summed E-state index contributed by atoms with van der Waals surface area (Å²) in [6.07, 6.45) is 10.8. The highest BCUT2D eigenvalue weighted by Gasteiger charge is 2.62. The third-order valence-electron chi connectivity index (χ3n) is 8.81. The van der Waals surface area contributed by atoms with Crippen LogP contribution in [-0.2, 0) is 9.53 Å². The maximum Gasteiger partial charge on any atom is 0.303 e. The number of rotatable bonds is 1. The van der Waals surface area contributed by atoms with Crippen LogP contribution in [0.1, 0.15) is 78.6 Å². The first-order valence-corrected chi connectivity index (χ1v) is 10.2. The minimum Gasteiger partial charge on any atom is -0.459 e. The first kappa shape index (κ1) is 16.9. The summed E-state index contributed by atoms with van der Waals surface area (Å²) < 4.78 is 5.62. The van der Waals surface area contributed by atoms with Crippen LogP contribution in [0.5, 0.6) is 0 Å². The molecule has 24 heavy (non-hydrogen) atoms. The van der Waals surface area contributed by atoms with Gasteiger partial charge in [0.15, 0.2) is 0 Å². The van der Waals surface area contributed by atoms with Crippen LogP contribution < -0.4 is 0 Å². The number of carbonyl (C=O) groups excluding carboxylic acids is 1. The van der Waals surface area contributed by atoms with E-state index in [-0.39, 0.29) is 17.5 Å². The summed E-state index contributed by atoms with van der Waals surface area (Å²) in [4.78, 5) is 11.6. The van der Waals surface area contributed by atoms with Crippen molar-refractivity contribution in [3.05, 3.63) is 0 Å². The number of aliphatic hydroxyl groups is 1. The van der Waals surface area contributed by atoms with Crippen LogP contribution in [0.2, 0.25) is 0 Å². The second-order valence-corrected chi connectivity index (χ2v) is 9.78. The van der Waals surface area contributed by atoms with Gasteiger partial charge in [0.2, 0.25) is 0 Å². The SMILES string of the molecule is CC(=O)OC1C(O)CC2C3CC[C@H]4CCCCC4(C)C3CCC21C. The number of esters is 1. The lowest BCUT2D eigenvalue weighted by Crippen LogP contribution is -2.53. The van der Waals surface area contributed by atoms with Crippen molar-refractivity contribution >= 4 is 5.97 Å². The lowest BCUT2D eigenvalue weighted by atomic mass is 9.45. The van der Waals surface area contributed by atoms with E-state index in [9.17, 15) is 9.90 Å². The van der Waals surface area contributed by atoms with E-state index in [1.807, 2.05) is 0 Å². The van der Waals surface area contributed by atoms with E-state index in [4.69, 9.17) is 4.74 Å². The number of carbonyl (C=O) groups is 1. The van der Waals surface area contributed by atoms with Gasteiger partial charge in [-0.3, -0.25) is 4.79 Å². The van der Waals surface area contributed by atoms with E-state index in [1.165, 1.54) is 51.9 Å². The monoisotopic (exact) mass is 334 g/mol. The lowest BCUT2D eigenvalue weighted by molar-refractivity contribution is -0.167. The number of fused-ring (bicyclic) bond motifs is 5. The molecule has 0 saturated heterocycles. The first-order valence-electron chi connectivity index (χ1n) is 10.2. The van der Waals surface area contributed by atoms with Gasteiger partial charge >= 0.3 is 5.97 Å². The molecule has 4 saturated carbocycles. The molecule has 0 aromatic rings. The molecule has 1 N–H and O–H groups in total. The van der Waals surface area contributed by atoms with Gasteiger partial charge in [-0.05, 0) is 74.0 Å². The van der Waals surface area contributed by atoms with E-state index in [1.54, 1.807) is 0 Å². The molecule has 3 nitrogen and oxygen atoms in total. The quantitative estimate of drug-likeness (QED) is 0.726. The third kappa shape index (κ3) is 2.29. The predicted octanol–water partition coefficient (Wildman–Crippen LogP) is 4.32. The zero-order valence-corrected chi connectivity index (χ0v) is 15.6. The number of ether oxygens (including phenoxy) is 1. The maximum absolute atomic E-state index is 11.6. The molecule has 0 aromatic heterocycles. The Labute approximate surface area is 146 Å². The zero-order valence-electron chi connectivity index (χ0n) is 15.6. The summed E-state index contributed by atoms with van der Waals surface area (Å²) >= 11 is 0. The van der Waals surface area contributed by atoms with Crippen LogP contribution in [0, 0.1) is 34.5 Å². The van der Waals surface area contributed by atoms with Crippen molar-refractivity contribution in [2.24, 2.45) is 34.5 Å². The van der Waals surface area contributed by atoms with Crippen LogP contribution in [0.3, 0.4) is 0 Å². The van der Waals surface area contributed by atoms with Gasteiger partial charge in [-0.1, -0.05) is 26.7 Å². The molecule has 0 heterocycles. The Balaban J connectivity index is 1.62. The Bertz CT molecular complexity index is 517. The van der Waals surface area contributed by atoms with Crippen molar-refractivity contribution < 1.29 is 14.6 Å². The molecule has 8 atom stereocenters. The smallest absolute Gasteiger partial charge is 0.303 e. The van der Waals surface area contributed by atoms with Gasteiger partial charge in [0.05, 0.1) is 6.10 Å².